The standard InChI is InChI=1S/C12H25N3O2.3ClH/c13-5-1-2-6-14-8-10-15(11-9-14)7-3-4-12(16)17;;;/h1-11,13H2,(H,16,17);3*1H. The van der Waals surface area contributed by atoms with Crippen molar-refractivity contribution in [3.05, 3.63) is 0 Å². The van der Waals surface area contributed by atoms with E-state index in [1.54, 1.807) is 0 Å². The van der Waals surface area contributed by atoms with E-state index >= 15 is 0 Å². The first-order valence-electron chi connectivity index (χ1n) is 6.59. The summed E-state index contributed by atoms with van der Waals surface area (Å²) in [5.41, 5.74) is 5.47. The lowest BCUT2D eigenvalue weighted by molar-refractivity contribution is -0.137. The Balaban J connectivity index is -0.000000963. The molecule has 0 spiro atoms. The molecule has 1 saturated heterocycles. The molecular weight excluding hydrogens is 325 g/mol. The zero-order chi connectivity index (χ0) is 12.5. The van der Waals surface area contributed by atoms with E-state index in [1.165, 1.54) is 6.42 Å². The van der Waals surface area contributed by atoms with E-state index in [2.05, 4.69) is 9.80 Å². The molecule has 1 heterocycles. The van der Waals surface area contributed by atoms with Gasteiger partial charge in [-0.25, -0.2) is 0 Å². The Morgan fingerprint density at radius 1 is 0.900 bits per heavy atom. The Kier molecular flexibility index (Phi) is 19.7. The summed E-state index contributed by atoms with van der Waals surface area (Å²) in [6.07, 6.45) is 3.35. The quantitative estimate of drug-likeness (QED) is 0.647. The Morgan fingerprint density at radius 3 is 1.75 bits per heavy atom. The van der Waals surface area contributed by atoms with Gasteiger partial charge in [0, 0.05) is 32.6 Å². The number of rotatable bonds is 8. The summed E-state index contributed by atoms with van der Waals surface area (Å²) in [5, 5.41) is 8.57. The van der Waals surface area contributed by atoms with Crippen LogP contribution in [0.5, 0.6) is 0 Å². The number of carbonyl (C=O) groups is 1. The smallest absolute Gasteiger partial charge is 0.303 e. The Bertz CT molecular complexity index is 228. The van der Waals surface area contributed by atoms with Crippen molar-refractivity contribution in [3.63, 3.8) is 0 Å². The van der Waals surface area contributed by atoms with Crippen LogP contribution in [0.3, 0.4) is 0 Å². The van der Waals surface area contributed by atoms with E-state index in [1.807, 2.05) is 0 Å². The minimum atomic E-state index is -0.689. The van der Waals surface area contributed by atoms with Gasteiger partial charge < -0.3 is 20.6 Å². The first kappa shape index (κ1) is 25.2. The van der Waals surface area contributed by atoms with Gasteiger partial charge in [-0.2, -0.15) is 0 Å². The number of carboxylic acids is 1. The number of unbranched alkanes of at least 4 members (excludes halogenated alkanes) is 1. The summed E-state index contributed by atoms with van der Waals surface area (Å²) in [4.78, 5) is 15.2. The second-order valence-corrected chi connectivity index (χ2v) is 4.68. The van der Waals surface area contributed by atoms with Gasteiger partial charge in [0.05, 0.1) is 0 Å². The molecule has 0 saturated carbocycles. The van der Waals surface area contributed by atoms with Crippen molar-refractivity contribution in [3.8, 4) is 0 Å². The van der Waals surface area contributed by atoms with Crippen molar-refractivity contribution >= 4 is 43.2 Å². The first-order valence-corrected chi connectivity index (χ1v) is 6.59. The number of piperazine rings is 1. The number of nitrogens with two attached hydrogens (primary N) is 1. The zero-order valence-electron chi connectivity index (χ0n) is 11.8. The van der Waals surface area contributed by atoms with Crippen molar-refractivity contribution < 1.29 is 9.90 Å². The molecule has 0 aromatic rings. The number of aliphatic carboxylic acids is 1. The van der Waals surface area contributed by atoms with E-state index in [0.717, 1.165) is 58.7 Å². The van der Waals surface area contributed by atoms with Crippen molar-refractivity contribution in [1.29, 1.82) is 0 Å². The molecule has 0 aliphatic carbocycles. The minimum absolute atomic E-state index is 0. The summed E-state index contributed by atoms with van der Waals surface area (Å²) in [6.45, 7) is 7.22. The number of nitrogens with zero attached hydrogens (tertiary/aromatic N) is 2. The highest BCUT2D eigenvalue weighted by atomic mass is 35.5. The van der Waals surface area contributed by atoms with Gasteiger partial charge in [-0.3, -0.25) is 4.79 Å². The van der Waals surface area contributed by atoms with Crippen LogP contribution in [-0.4, -0.2) is 66.7 Å². The third kappa shape index (κ3) is 12.0. The summed E-state index contributed by atoms with van der Waals surface area (Å²) in [6, 6.07) is 0. The van der Waals surface area contributed by atoms with E-state index in [-0.39, 0.29) is 43.6 Å². The molecule has 0 aromatic heterocycles. The first-order chi connectivity index (χ1) is 8.22. The second kappa shape index (κ2) is 15.6. The highest BCUT2D eigenvalue weighted by molar-refractivity contribution is 5.86. The molecule has 0 unspecified atom stereocenters. The number of hydrogen-bond donors (Lipinski definition) is 2. The third-order valence-electron chi connectivity index (χ3n) is 3.26. The van der Waals surface area contributed by atoms with Crippen molar-refractivity contribution in [2.75, 3.05) is 45.8 Å². The molecule has 0 atom stereocenters. The minimum Gasteiger partial charge on any atom is -0.481 e. The molecule has 0 aromatic carbocycles. The molecule has 1 fully saturated rings. The molecule has 0 radical (unpaired) electrons. The fraction of sp³-hybridized carbons (Fsp3) is 0.917. The van der Waals surface area contributed by atoms with Crippen LogP contribution in [0.25, 0.3) is 0 Å². The maximum atomic E-state index is 10.4. The third-order valence-corrected chi connectivity index (χ3v) is 3.26. The number of halogens is 3. The molecule has 20 heavy (non-hydrogen) atoms. The molecule has 0 amide bonds. The predicted molar refractivity (Wildman–Crippen MR) is 89.8 cm³/mol. The molecular formula is C12H28Cl3N3O2. The van der Waals surface area contributed by atoms with Crippen molar-refractivity contribution in [1.82, 2.24) is 9.80 Å². The van der Waals surface area contributed by atoms with Gasteiger partial charge in [0.2, 0.25) is 0 Å². The van der Waals surface area contributed by atoms with Gasteiger partial charge >= 0.3 is 5.97 Å². The van der Waals surface area contributed by atoms with Gasteiger partial charge in [0.1, 0.15) is 0 Å². The second-order valence-electron chi connectivity index (χ2n) is 4.68. The summed E-state index contributed by atoms with van der Waals surface area (Å²) in [5.74, 6) is -0.689. The maximum Gasteiger partial charge on any atom is 0.303 e. The Labute approximate surface area is 140 Å². The average Bonchev–Trinajstić information content (AvgIpc) is 2.31. The molecule has 124 valence electrons. The van der Waals surface area contributed by atoms with Gasteiger partial charge in [-0.15, -0.1) is 37.2 Å². The zero-order valence-corrected chi connectivity index (χ0v) is 14.3. The molecule has 1 aliphatic rings. The van der Waals surface area contributed by atoms with Crippen molar-refractivity contribution in [2.45, 2.75) is 25.7 Å². The summed E-state index contributed by atoms with van der Waals surface area (Å²) < 4.78 is 0. The molecule has 5 nitrogen and oxygen atoms in total. The van der Waals surface area contributed by atoms with Crippen LogP contribution in [0, 0.1) is 0 Å². The van der Waals surface area contributed by atoms with Crippen LogP contribution < -0.4 is 5.73 Å². The lowest BCUT2D eigenvalue weighted by Crippen LogP contribution is -2.46. The van der Waals surface area contributed by atoms with Crippen LogP contribution >= 0.6 is 37.2 Å². The van der Waals surface area contributed by atoms with Crippen LogP contribution in [0.2, 0.25) is 0 Å². The van der Waals surface area contributed by atoms with E-state index in [0.29, 0.717) is 0 Å². The highest BCUT2D eigenvalue weighted by Crippen LogP contribution is 2.04. The number of carboxylic acid groups (broad SMARTS) is 1. The average molecular weight is 353 g/mol. The van der Waals surface area contributed by atoms with Gasteiger partial charge in [0.25, 0.3) is 0 Å². The van der Waals surface area contributed by atoms with Crippen LogP contribution in [0.1, 0.15) is 25.7 Å². The summed E-state index contributed by atoms with van der Waals surface area (Å²) in [7, 11) is 0. The highest BCUT2D eigenvalue weighted by Gasteiger charge is 2.15. The van der Waals surface area contributed by atoms with Crippen LogP contribution in [-0.2, 0) is 4.79 Å². The largest absolute Gasteiger partial charge is 0.481 e. The Morgan fingerprint density at radius 2 is 1.35 bits per heavy atom. The number of hydrogen-bond acceptors (Lipinski definition) is 4. The van der Waals surface area contributed by atoms with Crippen LogP contribution in [0.15, 0.2) is 0 Å². The molecule has 1 rings (SSSR count). The van der Waals surface area contributed by atoms with E-state index < -0.39 is 5.97 Å². The molecule has 8 heteroatoms. The van der Waals surface area contributed by atoms with Gasteiger partial charge in [-0.05, 0) is 38.9 Å². The van der Waals surface area contributed by atoms with E-state index in [4.69, 9.17) is 10.8 Å². The lowest BCUT2D eigenvalue weighted by atomic mass is 10.2. The van der Waals surface area contributed by atoms with Gasteiger partial charge in [0.15, 0.2) is 0 Å². The Hall–Kier alpha value is 0.220. The molecule has 0 bridgehead atoms. The molecule has 1 aliphatic heterocycles. The topological polar surface area (TPSA) is 69.8 Å². The fourth-order valence-corrected chi connectivity index (χ4v) is 2.17. The predicted octanol–water partition coefficient (Wildman–Crippen LogP) is 1.47. The SMILES string of the molecule is Cl.Cl.Cl.NCCCCN1CCN(CCCC(=O)O)CC1. The monoisotopic (exact) mass is 351 g/mol. The van der Waals surface area contributed by atoms with Crippen LogP contribution in [0.4, 0.5) is 0 Å². The van der Waals surface area contributed by atoms with Gasteiger partial charge in [-0.1, -0.05) is 0 Å². The van der Waals surface area contributed by atoms with E-state index in [9.17, 15) is 4.79 Å². The lowest BCUT2D eigenvalue weighted by Gasteiger charge is -2.34. The maximum absolute atomic E-state index is 10.4. The molecule has 3 N–H and O–H groups in total. The summed E-state index contributed by atoms with van der Waals surface area (Å²) >= 11 is 0. The normalized spacial score (nSPS) is 15.7. The fourth-order valence-electron chi connectivity index (χ4n) is 2.17. The van der Waals surface area contributed by atoms with Crippen molar-refractivity contribution in [2.24, 2.45) is 5.73 Å².